The highest BCUT2D eigenvalue weighted by molar-refractivity contribution is 5.82. The fourth-order valence-corrected chi connectivity index (χ4v) is 3.67. The molecule has 3 rings (SSSR count). The van der Waals surface area contributed by atoms with Crippen molar-refractivity contribution in [3.63, 3.8) is 0 Å². The average molecular weight is 288 g/mol. The number of fused-ring (bicyclic) bond motifs is 1. The normalized spacial score (nSPS) is 31.7. The number of anilines is 1. The molecule has 2 N–H and O–H groups in total. The lowest BCUT2D eigenvalue weighted by Crippen LogP contribution is -2.48. The Labute approximate surface area is 126 Å². The Hall–Kier alpha value is -1.55. The predicted molar refractivity (Wildman–Crippen MR) is 83.1 cm³/mol. The third-order valence-electron chi connectivity index (χ3n) is 5.11. The van der Waals surface area contributed by atoms with Crippen LogP contribution in [-0.4, -0.2) is 41.1 Å². The first kappa shape index (κ1) is 14.4. The second kappa shape index (κ2) is 5.68. The zero-order valence-electron chi connectivity index (χ0n) is 12.7. The van der Waals surface area contributed by atoms with Crippen LogP contribution < -0.4 is 5.32 Å². The molecule has 1 aromatic carbocycles. The summed E-state index contributed by atoms with van der Waals surface area (Å²) in [5, 5.41) is 13.0. The van der Waals surface area contributed by atoms with Gasteiger partial charge in [-0.1, -0.05) is 25.1 Å². The minimum Gasteiger partial charge on any atom is -0.394 e. The van der Waals surface area contributed by atoms with E-state index in [0.717, 1.165) is 25.1 Å². The van der Waals surface area contributed by atoms with E-state index in [-0.39, 0.29) is 30.5 Å². The van der Waals surface area contributed by atoms with E-state index in [4.69, 9.17) is 0 Å². The van der Waals surface area contributed by atoms with Crippen molar-refractivity contribution in [3.05, 3.63) is 29.8 Å². The van der Waals surface area contributed by atoms with Gasteiger partial charge in [0.25, 0.3) is 0 Å². The monoisotopic (exact) mass is 288 g/mol. The number of carbonyl (C=O) groups excluding carboxylic acids is 1. The highest BCUT2D eigenvalue weighted by atomic mass is 16.3. The first-order chi connectivity index (χ1) is 10.1. The Kier molecular flexibility index (Phi) is 3.89. The van der Waals surface area contributed by atoms with E-state index in [1.165, 1.54) is 5.56 Å². The number of amides is 1. The maximum atomic E-state index is 12.9. The van der Waals surface area contributed by atoms with Gasteiger partial charge in [-0.15, -0.1) is 0 Å². The summed E-state index contributed by atoms with van der Waals surface area (Å²) >= 11 is 0. The highest BCUT2D eigenvalue weighted by Gasteiger charge is 2.39. The molecule has 1 amide bonds. The van der Waals surface area contributed by atoms with Crippen LogP contribution >= 0.6 is 0 Å². The highest BCUT2D eigenvalue weighted by Crippen LogP contribution is 2.32. The van der Waals surface area contributed by atoms with E-state index >= 15 is 0 Å². The van der Waals surface area contributed by atoms with Crippen LogP contribution in [0.2, 0.25) is 0 Å². The molecule has 4 heteroatoms. The summed E-state index contributed by atoms with van der Waals surface area (Å²) in [4.78, 5) is 14.8. The maximum Gasteiger partial charge on any atom is 0.228 e. The van der Waals surface area contributed by atoms with Gasteiger partial charge in [-0.3, -0.25) is 4.79 Å². The lowest BCUT2D eigenvalue weighted by Gasteiger charge is -2.36. The Morgan fingerprint density at radius 2 is 2.14 bits per heavy atom. The number of aliphatic hydroxyl groups is 1. The summed E-state index contributed by atoms with van der Waals surface area (Å²) in [6.45, 7) is 5.03. The molecule has 4 atom stereocenters. The van der Waals surface area contributed by atoms with E-state index in [9.17, 15) is 9.90 Å². The first-order valence-electron chi connectivity index (χ1n) is 7.87. The number of likely N-dealkylation sites (tertiary alicyclic amines) is 1. The summed E-state index contributed by atoms with van der Waals surface area (Å²) in [6.07, 6.45) is 1.77. The Morgan fingerprint density at radius 1 is 1.38 bits per heavy atom. The number of para-hydroxylation sites is 1. The standard InChI is InChI=1S/C17H24N2O2/c1-11-7-8-19(16(11)10-20)17(21)14-9-13-5-3-4-6-15(13)18-12(14)2/h3-6,11-12,14,16,18,20H,7-10H2,1-2H3. The number of hydrogen-bond donors (Lipinski definition) is 2. The van der Waals surface area contributed by atoms with Crippen molar-refractivity contribution in [3.8, 4) is 0 Å². The quantitative estimate of drug-likeness (QED) is 0.874. The van der Waals surface area contributed by atoms with Crippen molar-refractivity contribution >= 4 is 11.6 Å². The molecule has 0 radical (unpaired) electrons. The molecule has 4 nitrogen and oxygen atoms in total. The maximum absolute atomic E-state index is 12.9. The van der Waals surface area contributed by atoms with Crippen LogP contribution in [-0.2, 0) is 11.2 Å². The molecular weight excluding hydrogens is 264 g/mol. The van der Waals surface area contributed by atoms with Gasteiger partial charge in [-0.2, -0.15) is 0 Å². The number of rotatable bonds is 2. The van der Waals surface area contributed by atoms with Crippen molar-refractivity contribution < 1.29 is 9.90 Å². The summed E-state index contributed by atoms with van der Waals surface area (Å²) in [5.41, 5.74) is 2.35. The summed E-state index contributed by atoms with van der Waals surface area (Å²) < 4.78 is 0. The smallest absolute Gasteiger partial charge is 0.228 e. The van der Waals surface area contributed by atoms with Gasteiger partial charge in [0.15, 0.2) is 0 Å². The fourth-order valence-electron chi connectivity index (χ4n) is 3.67. The summed E-state index contributed by atoms with van der Waals surface area (Å²) in [5.74, 6) is 0.533. The van der Waals surface area contributed by atoms with Gasteiger partial charge in [0.05, 0.1) is 18.6 Å². The molecule has 2 aliphatic rings. The van der Waals surface area contributed by atoms with E-state index < -0.39 is 0 Å². The molecule has 0 spiro atoms. The Morgan fingerprint density at radius 3 is 2.90 bits per heavy atom. The predicted octanol–water partition coefficient (Wildman–Crippen LogP) is 1.89. The van der Waals surface area contributed by atoms with Crippen LogP contribution in [0.3, 0.4) is 0 Å². The van der Waals surface area contributed by atoms with Gasteiger partial charge in [0, 0.05) is 18.3 Å². The molecule has 0 bridgehead atoms. The van der Waals surface area contributed by atoms with Crippen LogP contribution in [0.15, 0.2) is 24.3 Å². The van der Waals surface area contributed by atoms with Crippen LogP contribution in [0.5, 0.6) is 0 Å². The van der Waals surface area contributed by atoms with Crippen molar-refractivity contribution in [2.75, 3.05) is 18.5 Å². The lowest BCUT2D eigenvalue weighted by atomic mass is 9.86. The molecule has 0 aromatic heterocycles. The number of hydrogen-bond acceptors (Lipinski definition) is 3. The first-order valence-corrected chi connectivity index (χ1v) is 7.87. The van der Waals surface area contributed by atoms with Crippen molar-refractivity contribution in [1.82, 2.24) is 4.90 Å². The average Bonchev–Trinajstić information content (AvgIpc) is 2.86. The Balaban J connectivity index is 1.79. The van der Waals surface area contributed by atoms with Crippen LogP contribution in [0.4, 0.5) is 5.69 Å². The number of benzene rings is 1. The van der Waals surface area contributed by atoms with E-state index in [0.29, 0.717) is 5.92 Å². The summed E-state index contributed by atoms with van der Waals surface area (Å²) in [7, 11) is 0. The lowest BCUT2D eigenvalue weighted by molar-refractivity contribution is -0.138. The number of nitrogens with zero attached hydrogens (tertiary/aromatic N) is 1. The second-order valence-corrected chi connectivity index (χ2v) is 6.45. The van der Waals surface area contributed by atoms with E-state index in [2.05, 4.69) is 31.3 Å². The molecule has 2 aliphatic heterocycles. The van der Waals surface area contributed by atoms with Gasteiger partial charge in [0.2, 0.25) is 5.91 Å². The van der Waals surface area contributed by atoms with E-state index in [1.54, 1.807) is 0 Å². The largest absolute Gasteiger partial charge is 0.394 e. The SMILES string of the molecule is CC1CCN(C(=O)C2Cc3ccccc3NC2C)C1CO. The molecule has 114 valence electrons. The van der Waals surface area contributed by atoms with E-state index in [1.807, 2.05) is 17.0 Å². The summed E-state index contributed by atoms with van der Waals surface area (Å²) in [6, 6.07) is 8.31. The molecule has 0 saturated carbocycles. The van der Waals surface area contributed by atoms with Crippen LogP contribution in [0.25, 0.3) is 0 Å². The van der Waals surface area contributed by atoms with Gasteiger partial charge >= 0.3 is 0 Å². The van der Waals surface area contributed by atoms with Crippen molar-refractivity contribution in [1.29, 1.82) is 0 Å². The zero-order valence-corrected chi connectivity index (χ0v) is 12.7. The number of carbonyl (C=O) groups is 1. The third-order valence-corrected chi connectivity index (χ3v) is 5.11. The minimum atomic E-state index is -0.0424. The van der Waals surface area contributed by atoms with Crippen LogP contribution in [0, 0.1) is 11.8 Å². The minimum absolute atomic E-state index is 0.0122. The molecule has 0 aliphatic carbocycles. The van der Waals surface area contributed by atoms with Gasteiger partial charge in [-0.05, 0) is 37.3 Å². The van der Waals surface area contributed by atoms with Gasteiger partial charge in [0.1, 0.15) is 0 Å². The molecule has 1 fully saturated rings. The molecule has 1 aromatic rings. The van der Waals surface area contributed by atoms with Crippen LogP contribution in [0.1, 0.15) is 25.8 Å². The number of aliphatic hydroxyl groups excluding tert-OH is 1. The molecule has 1 saturated heterocycles. The van der Waals surface area contributed by atoms with Crippen molar-refractivity contribution in [2.24, 2.45) is 11.8 Å². The van der Waals surface area contributed by atoms with Gasteiger partial charge in [-0.25, -0.2) is 0 Å². The Bertz CT molecular complexity index is 531. The molecular formula is C17H24N2O2. The fraction of sp³-hybridized carbons (Fsp3) is 0.588. The third kappa shape index (κ3) is 2.53. The molecule has 21 heavy (non-hydrogen) atoms. The van der Waals surface area contributed by atoms with Crippen molar-refractivity contribution in [2.45, 2.75) is 38.8 Å². The zero-order chi connectivity index (χ0) is 15.0. The molecule has 4 unspecified atom stereocenters. The second-order valence-electron chi connectivity index (χ2n) is 6.45. The topological polar surface area (TPSA) is 52.6 Å². The van der Waals surface area contributed by atoms with Gasteiger partial charge < -0.3 is 15.3 Å². The molecule has 2 heterocycles. The number of nitrogens with one attached hydrogen (secondary N) is 1.